The number of aromatic nitrogens is 2. The van der Waals surface area contributed by atoms with Gasteiger partial charge in [0.1, 0.15) is 0 Å². The first-order valence-electron chi connectivity index (χ1n) is 7.93. The van der Waals surface area contributed by atoms with Gasteiger partial charge in [-0.25, -0.2) is 4.79 Å². The molecule has 0 aromatic carbocycles. The molecule has 1 aromatic heterocycles. The van der Waals surface area contributed by atoms with Gasteiger partial charge in [0.05, 0.1) is 0 Å². The second-order valence-electron chi connectivity index (χ2n) is 6.04. The second kappa shape index (κ2) is 6.69. The lowest BCUT2D eigenvalue weighted by Gasteiger charge is -2.27. The van der Waals surface area contributed by atoms with Crippen molar-refractivity contribution < 1.29 is 9.63 Å². The van der Waals surface area contributed by atoms with Crippen LogP contribution >= 0.6 is 11.6 Å². The molecule has 7 heteroatoms. The molecule has 120 valence electrons. The average Bonchev–Trinajstić information content (AvgIpc) is 2.55. The predicted octanol–water partition coefficient (Wildman–Crippen LogP) is 3.52. The van der Waals surface area contributed by atoms with Crippen LogP contribution in [0.15, 0.2) is 0 Å². The predicted molar refractivity (Wildman–Crippen MR) is 83.9 cm³/mol. The Morgan fingerprint density at radius 1 is 1.27 bits per heavy atom. The van der Waals surface area contributed by atoms with Crippen molar-refractivity contribution in [3.63, 3.8) is 0 Å². The molecule has 1 fully saturated rings. The summed E-state index contributed by atoms with van der Waals surface area (Å²) in [6, 6.07) is 0. The van der Waals surface area contributed by atoms with Crippen LogP contribution in [0.3, 0.4) is 0 Å². The van der Waals surface area contributed by atoms with Crippen LogP contribution in [0, 0.1) is 0 Å². The highest BCUT2D eigenvalue weighted by molar-refractivity contribution is 6.30. The minimum Gasteiger partial charge on any atom is -0.323 e. The molecule has 1 saturated heterocycles. The van der Waals surface area contributed by atoms with Crippen molar-refractivity contribution in [3.05, 3.63) is 16.3 Å². The van der Waals surface area contributed by atoms with Crippen molar-refractivity contribution in [2.45, 2.75) is 51.4 Å². The molecule has 1 aliphatic carbocycles. The van der Waals surface area contributed by atoms with Crippen molar-refractivity contribution in [2.24, 2.45) is 0 Å². The van der Waals surface area contributed by atoms with Crippen LogP contribution in [-0.2, 0) is 11.3 Å². The van der Waals surface area contributed by atoms with Crippen LogP contribution in [0.1, 0.15) is 56.1 Å². The Hall–Kier alpha value is -1.56. The minimum atomic E-state index is -0.353. The number of carbonyl (C=O) groups is 1. The standard InChI is InChI=1S/C15H21ClN4O2/c1-10-6-5-7-11-12(10)13(16)17-18-14(11)19-22-15(21)20-8-3-2-4-9-20/h10H,2-9H2,1H3,(H,18,19)/t10-/m1/s1. The van der Waals surface area contributed by atoms with E-state index in [0.717, 1.165) is 56.3 Å². The number of piperidine rings is 1. The Morgan fingerprint density at radius 3 is 2.82 bits per heavy atom. The molecule has 0 unspecified atom stereocenters. The van der Waals surface area contributed by atoms with Gasteiger partial charge in [-0.2, -0.15) is 5.48 Å². The third-order valence-corrected chi connectivity index (χ3v) is 4.76. The highest BCUT2D eigenvalue weighted by Gasteiger charge is 2.25. The van der Waals surface area contributed by atoms with E-state index in [1.54, 1.807) is 4.90 Å². The zero-order chi connectivity index (χ0) is 15.5. The highest BCUT2D eigenvalue weighted by atomic mass is 35.5. The molecule has 2 heterocycles. The Labute approximate surface area is 135 Å². The first kappa shape index (κ1) is 15.3. The summed E-state index contributed by atoms with van der Waals surface area (Å²) >= 11 is 6.18. The zero-order valence-electron chi connectivity index (χ0n) is 12.8. The van der Waals surface area contributed by atoms with Crippen molar-refractivity contribution in [1.29, 1.82) is 0 Å². The van der Waals surface area contributed by atoms with Crippen molar-refractivity contribution in [1.82, 2.24) is 15.1 Å². The van der Waals surface area contributed by atoms with Crippen LogP contribution in [-0.4, -0.2) is 34.3 Å². The lowest BCUT2D eigenvalue weighted by Crippen LogP contribution is -2.37. The maximum Gasteiger partial charge on any atom is 0.434 e. The second-order valence-corrected chi connectivity index (χ2v) is 6.40. The Morgan fingerprint density at radius 2 is 2.05 bits per heavy atom. The molecule has 0 spiro atoms. The van der Waals surface area contributed by atoms with E-state index in [2.05, 4.69) is 22.6 Å². The van der Waals surface area contributed by atoms with E-state index < -0.39 is 0 Å². The largest absolute Gasteiger partial charge is 0.434 e. The smallest absolute Gasteiger partial charge is 0.323 e. The number of nitrogens with one attached hydrogen (secondary N) is 1. The molecule has 1 aliphatic heterocycles. The van der Waals surface area contributed by atoms with Crippen LogP contribution in [0.5, 0.6) is 0 Å². The third kappa shape index (κ3) is 3.11. The summed E-state index contributed by atoms with van der Waals surface area (Å²) in [4.78, 5) is 19.0. The summed E-state index contributed by atoms with van der Waals surface area (Å²) < 4.78 is 0. The van der Waals surface area contributed by atoms with Crippen LogP contribution in [0.25, 0.3) is 0 Å². The van der Waals surface area contributed by atoms with E-state index in [0.29, 0.717) is 16.9 Å². The molecule has 3 rings (SSSR count). The van der Waals surface area contributed by atoms with Gasteiger partial charge < -0.3 is 9.74 Å². The van der Waals surface area contributed by atoms with Gasteiger partial charge >= 0.3 is 6.09 Å². The molecule has 1 atom stereocenters. The number of halogens is 1. The molecule has 1 amide bonds. The van der Waals surface area contributed by atoms with Gasteiger partial charge in [-0.1, -0.05) is 18.5 Å². The summed E-state index contributed by atoms with van der Waals surface area (Å²) in [6.45, 7) is 3.64. The number of likely N-dealkylation sites (tertiary alicyclic amines) is 1. The molecular formula is C15H21ClN4O2. The third-order valence-electron chi connectivity index (χ3n) is 4.48. The van der Waals surface area contributed by atoms with Crippen LogP contribution in [0.4, 0.5) is 10.6 Å². The van der Waals surface area contributed by atoms with Gasteiger partial charge in [-0.3, -0.25) is 0 Å². The maximum atomic E-state index is 12.0. The summed E-state index contributed by atoms with van der Waals surface area (Å²) in [5, 5.41) is 8.49. The fourth-order valence-corrected chi connectivity index (χ4v) is 3.60. The maximum absolute atomic E-state index is 12.0. The summed E-state index contributed by atoms with van der Waals surface area (Å²) in [7, 11) is 0. The van der Waals surface area contributed by atoms with Crippen molar-refractivity contribution >= 4 is 23.5 Å². The van der Waals surface area contributed by atoms with Gasteiger partial charge in [0.25, 0.3) is 0 Å². The number of hydrogen-bond acceptors (Lipinski definition) is 5. The van der Waals surface area contributed by atoms with Crippen LogP contribution in [0.2, 0.25) is 5.15 Å². The molecule has 1 aromatic rings. The molecular weight excluding hydrogens is 304 g/mol. The number of rotatable bonds is 2. The van der Waals surface area contributed by atoms with Gasteiger partial charge in [-0.15, -0.1) is 10.2 Å². The SMILES string of the molecule is C[C@@H]1CCCc2c(NOC(=O)N3CCCCC3)nnc(Cl)c21. The topological polar surface area (TPSA) is 67.3 Å². The number of amides is 1. The number of carbonyl (C=O) groups excluding carboxylic acids is 1. The molecule has 0 radical (unpaired) electrons. The lowest BCUT2D eigenvalue weighted by molar-refractivity contribution is 0.114. The van der Waals surface area contributed by atoms with Gasteiger partial charge in [0.15, 0.2) is 11.0 Å². The van der Waals surface area contributed by atoms with E-state index in [-0.39, 0.29) is 6.09 Å². The first-order valence-corrected chi connectivity index (χ1v) is 8.31. The molecule has 6 nitrogen and oxygen atoms in total. The van der Waals surface area contributed by atoms with E-state index in [4.69, 9.17) is 16.4 Å². The Kier molecular flexibility index (Phi) is 4.66. The normalized spacial score (nSPS) is 21.2. The van der Waals surface area contributed by atoms with Crippen molar-refractivity contribution in [3.8, 4) is 0 Å². The number of nitrogens with zero attached hydrogens (tertiary/aromatic N) is 3. The average molecular weight is 325 g/mol. The number of hydrogen-bond donors (Lipinski definition) is 1. The van der Waals surface area contributed by atoms with Crippen molar-refractivity contribution in [2.75, 3.05) is 18.6 Å². The summed E-state index contributed by atoms with van der Waals surface area (Å²) in [5.41, 5.74) is 4.74. The quantitative estimate of drug-likeness (QED) is 0.843. The lowest BCUT2D eigenvalue weighted by atomic mass is 9.85. The molecule has 2 aliphatic rings. The van der Waals surface area contributed by atoms with E-state index in [1.165, 1.54) is 6.42 Å². The number of fused-ring (bicyclic) bond motifs is 1. The molecule has 0 saturated carbocycles. The van der Waals surface area contributed by atoms with Gasteiger partial charge in [0, 0.05) is 24.2 Å². The fourth-order valence-electron chi connectivity index (χ4n) is 3.26. The minimum absolute atomic E-state index is 0.352. The van der Waals surface area contributed by atoms with Gasteiger partial charge in [-0.05, 0) is 44.4 Å². The van der Waals surface area contributed by atoms with E-state index in [1.807, 2.05) is 0 Å². The first-order chi connectivity index (χ1) is 10.7. The molecule has 22 heavy (non-hydrogen) atoms. The Bertz CT molecular complexity index is 561. The zero-order valence-corrected chi connectivity index (χ0v) is 13.5. The fraction of sp³-hybridized carbons (Fsp3) is 0.667. The van der Waals surface area contributed by atoms with Gasteiger partial charge in [0.2, 0.25) is 0 Å². The monoisotopic (exact) mass is 324 g/mol. The molecule has 1 N–H and O–H groups in total. The summed E-state index contributed by atoms with van der Waals surface area (Å²) in [6.07, 6.45) is 5.92. The van der Waals surface area contributed by atoms with E-state index in [9.17, 15) is 4.79 Å². The Balaban J connectivity index is 1.70. The van der Waals surface area contributed by atoms with Crippen LogP contribution < -0.4 is 5.48 Å². The summed E-state index contributed by atoms with van der Waals surface area (Å²) in [5.74, 6) is 0.862. The number of anilines is 1. The van der Waals surface area contributed by atoms with E-state index >= 15 is 0 Å². The highest BCUT2D eigenvalue weighted by Crippen LogP contribution is 2.37. The molecule has 0 bridgehead atoms.